The van der Waals surface area contributed by atoms with E-state index in [0.29, 0.717) is 18.4 Å². The van der Waals surface area contributed by atoms with Crippen molar-refractivity contribution in [2.75, 3.05) is 18.0 Å². The Kier molecular flexibility index (Phi) is 4.86. The molecule has 0 aromatic carbocycles. The molecule has 1 saturated heterocycles. The third-order valence-electron chi connectivity index (χ3n) is 7.12. The number of rotatable bonds is 3. The lowest BCUT2D eigenvalue weighted by atomic mass is 9.93. The molecule has 1 N–H and O–H groups in total. The molecule has 2 fully saturated rings. The van der Waals surface area contributed by atoms with Gasteiger partial charge in [-0.15, -0.1) is 0 Å². The molecule has 0 atom stereocenters. The van der Waals surface area contributed by atoms with Gasteiger partial charge in [-0.25, -0.2) is 19.7 Å². The van der Waals surface area contributed by atoms with Gasteiger partial charge in [0, 0.05) is 44.1 Å². The number of fused-ring (bicyclic) bond motifs is 3. The summed E-state index contributed by atoms with van der Waals surface area (Å²) in [5.74, 6) is 0.762. The highest BCUT2D eigenvalue weighted by atomic mass is 16.3. The van der Waals surface area contributed by atoms with Gasteiger partial charge in [-0.2, -0.15) is 0 Å². The van der Waals surface area contributed by atoms with E-state index in [0.717, 1.165) is 59.7 Å². The zero-order valence-electron chi connectivity index (χ0n) is 18.7. The van der Waals surface area contributed by atoms with Crippen LogP contribution in [0, 0.1) is 0 Å². The Morgan fingerprint density at radius 2 is 1.70 bits per heavy atom. The van der Waals surface area contributed by atoms with Gasteiger partial charge < -0.3 is 10.0 Å². The molecule has 1 aliphatic carbocycles. The topological polar surface area (TPSA) is 102 Å². The standard InChI is InChI=1S/C24H27N7O2/c1-29-20-14-25-19-9-8-18(15-12-26-23(27-13-15)30-10-2-3-11-30)28-21(19)22(20)31(24(29)33)16-4-6-17(32)7-5-16/h8-9,12-14,16-17,32H,2-7,10-11H2,1H3/t16-,17-. The van der Waals surface area contributed by atoms with Crippen molar-refractivity contribution < 1.29 is 5.11 Å². The molecule has 1 aliphatic heterocycles. The van der Waals surface area contributed by atoms with Crippen molar-refractivity contribution in [3.8, 4) is 11.3 Å². The molecule has 0 radical (unpaired) electrons. The van der Waals surface area contributed by atoms with Crippen LogP contribution in [-0.2, 0) is 7.05 Å². The zero-order chi connectivity index (χ0) is 22.5. The molecule has 9 heteroatoms. The average molecular weight is 446 g/mol. The SMILES string of the molecule is Cn1c(=O)n([C@H]2CC[C@H](O)CC2)c2c3nc(-c4cnc(N5CCCC5)nc4)ccc3ncc21. The average Bonchev–Trinajstić information content (AvgIpc) is 3.47. The number of aryl methyl sites for hydroxylation is 1. The van der Waals surface area contributed by atoms with Gasteiger partial charge in [-0.05, 0) is 50.7 Å². The van der Waals surface area contributed by atoms with E-state index in [2.05, 4.69) is 19.9 Å². The molecule has 4 aromatic rings. The number of nitrogens with zero attached hydrogens (tertiary/aromatic N) is 7. The van der Waals surface area contributed by atoms with Crippen LogP contribution in [0.1, 0.15) is 44.6 Å². The van der Waals surface area contributed by atoms with Crippen LogP contribution in [-0.4, -0.2) is 53.4 Å². The van der Waals surface area contributed by atoms with Crippen molar-refractivity contribution in [2.45, 2.75) is 50.7 Å². The third-order valence-corrected chi connectivity index (χ3v) is 7.12. The van der Waals surface area contributed by atoms with E-state index < -0.39 is 0 Å². The van der Waals surface area contributed by atoms with Crippen molar-refractivity contribution in [2.24, 2.45) is 7.05 Å². The first-order chi connectivity index (χ1) is 16.1. The summed E-state index contributed by atoms with van der Waals surface area (Å²) in [6.45, 7) is 2.00. The van der Waals surface area contributed by atoms with Crippen LogP contribution in [0.15, 0.2) is 35.5 Å². The second-order valence-electron chi connectivity index (χ2n) is 9.20. The monoisotopic (exact) mass is 445 g/mol. The van der Waals surface area contributed by atoms with E-state index in [4.69, 9.17) is 4.98 Å². The molecular formula is C24H27N7O2. The molecule has 170 valence electrons. The van der Waals surface area contributed by atoms with Crippen molar-refractivity contribution in [1.82, 2.24) is 29.1 Å². The number of aliphatic hydroxyl groups excluding tert-OH is 1. The van der Waals surface area contributed by atoms with Gasteiger partial charge >= 0.3 is 5.69 Å². The summed E-state index contributed by atoms with van der Waals surface area (Å²) in [5, 5.41) is 9.95. The molecular weight excluding hydrogens is 418 g/mol. The van der Waals surface area contributed by atoms with Crippen molar-refractivity contribution in [1.29, 1.82) is 0 Å². The van der Waals surface area contributed by atoms with Gasteiger partial charge in [-0.1, -0.05) is 0 Å². The Bertz CT molecular complexity index is 1380. The Morgan fingerprint density at radius 1 is 0.970 bits per heavy atom. The van der Waals surface area contributed by atoms with Crippen LogP contribution in [0.4, 0.5) is 5.95 Å². The minimum absolute atomic E-state index is 0.0451. The number of aliphatic hydroxyl groups is 1. The zero-order valence-corrected chi connectivity index (χ0v) is 18.7. The fraction of sp³-hybridized carbons (Fsp3) is 0.458. The van der Waals surface area contributed by atoms with Crippen molar-refractivity contribution >= 4 is 28.0 Å². The second kappa shape index (κ2) is 7.91. The highest BCUT2D eigenvalue weighted by Crippen LogP contribution is 2.33. The van der Waals surface area contributed by atoms with Gasteiger partial charge in [0.25, 0.3) is 0 Å². The molecule has 4 aromatic heterocycles. The lowest BCUT2D eigenvalue weighted by Crippen LogP contribution is -2.29. The molecule has 33 heavy (non-hydrogen) atoms. The minimum Gasteiger partial charge on any atom is -0.393 e. The predicted octanol–water partition coefficient (Wildman–Crippen LogP) is 2.82. The molecule has 9 nitrogen and oxygen atoms in total. The molecule has 0 amide bonds. The van der Waals surface area contributed by atoms with Gasteiger partial charge in [0.05, 0.1) is 34.5 Å². The maximum absolute atomic E-state index is 13.2. The fourth-order valence-electron chi connectivity index (χ4n) is 5.24. The molecule has 2 aliphatic rings. The summed E-state index contributed by atoms with van der Waals surface area (Å²) in [6.07, 6.45) is 10.4. The Labute approximate surface area is 190 Å². The van der Waals surface area contributed by atoms with Gasteiger partial charge in [0.1, 0.15) is 5.52 Å². The van der Waals surface area contributed by atoms with Crippen LogP contribution in [0.3, 0.4) is 0 Å². The number of hydrogen-bond donors (Lipinski definition) is 1. The molecule has 0 unspecified atom stereocenters. The molecule has 0 bridgehead atoms. The Hall–Kier alpha value is -3.33. The van der Waals surface area contributed by atoms with Gasteiger partial charge in [0.2, 0.25) is 5.95 Å². The maximum atomic E-state index is 13.2. The fourth-order valence-corrected chi connectivity index (χ4v) is 5.24. The molecule has 0 spiro atoms. The summed E-state index contributed by atoms with van der Waals surface area (Å²) in [4.78, 5) is 34.1. The largest absolute Gasteiger partial charge is 0.393 e. The van der Waals surface area contributed by atoms with Crippen LogP contribution >= 0.6 is 0 Å². The molecule has 1 saturated carbocycles. The van der Waals surface area contributed by atoms with Crippen LogP contribution in [0.5, 0.6) is 0 Å². The van der Waals surface area contributed by atoms with E-state index in [1.54, 1.807) is 17.8 Å². The number of anilines is 1. The smallest absolute Gasteiger partial charge is 0.329 e. The van der Waals surface area contributed by atoms with Crippen LogP contribution in [0.25, 0.3) is 33.3 Å². The minimum atomic E-state index is -0.279. The highest BCUT2D eigenvalue weighted by molar-refractivity contribution is 6.00. The Balaban J connectivity index is 1.47. The first-order valence-corrected chi connectivity index (χ1v) is 11.7. The first kappa shape index (κ1) is 20.3. The van der Waals surface area contributed by atoms with E-state index in [9.17, 15) is 9.90 Å². The van der Waals surface area contributed by atoms with E-state index in [1.807, 2.05) is 29.1 Å². The Morgan fingerprint density at radius 3 is 2.42 bits per heavy atom. The van der Waals surface area contributed by atoms with Crippen LogP contribution in [0.2, 0.25) is 0 Å². The van der Waals surface area contributed by atoms with Gasteiger partial charge in [-0.3, -0.25) is 14.1 Å². The van der Waals surface area contributed by atoms with Crippen molar-refractivity contribution in [3.05, 3.63) is 41.2 Å². The summed E-state index contributed by atoms with van der Waals surface area (Å²) in [6, 6.07) is 3.92. The lowest BCUT2D eigenvalue weighted by Gasteiger charge is -2.26. The predicted molar refractivity (Wildman–Crippen MR) is 126 cm³/mol. The number of pyridine rings is 2. The summed E-state index contributed by atoms with van der Waals surface area (Å²) >= 11 is 0. The number of imidazole rings is 1. The van der Waals surface area contributed by atoms with E-state index >= 15 is 0 Å². The van der Waals surface area contributed by atoms with E-state index in [1.165, 1.54) is 12.8 Å². The first-order valence-electron chi connectivity index (χ1n) is 11.7. The van der Waals surface area contributed by atoms with E-state index in [-0.39, 0.29) is 17.8 Å². The molecule has 5 heterocycles. The quantitative estimate of drug-likeness (QED) is 0.517. The molecule has 6 rings (SSSR count). The third kappa shape index (κ3) is 3.38. The highest BCUT2D eigenvalue weighted by Gasteiger charge is 2.26. The van der Waals surface area contributed by atoms with Crippen LogP contribution < -0.4 is 10.6 Å². The summed E-state index contributed by atoms with van der Waals surface area (Å²) in [7, 11) is 1.78. The second-order valence-corrected chi connectivity index (χ2v) is 9.20. The summed E-state index contributed by atoms with van der Waals surface area (Å²) < 4.78 is 3.52. The number of aromatic nitrogens is 6. The number of hydrogen-bond acceptors (Lipinski definition) is 7. The van der Waals surface area contributed by atoms with Crippen molar-refractivity contribution in [3.63, 3.8) is 0 Å². The summed E-state index contributed by atoms with van der Waals surface area (Å²) in [5.41, 5.74) is 4.56. The maximum Gasteiger partial charge on any atom is 0.329 e. The normalized spacial score (nSPS) is 21.3. The lowest BCUT2D eigenvalue weighted by molar-refractivity contribution is 0.111. The van der Waals surface area contributed by atoms with Gasteiger partial charge in [0.15, 0.2) is 0 Å².